The van der Waals surface area contributed by atoms with Crippen molar-refractivity contribution in [3.63, 3.8) is 0 Å². The van der Waals surface area contributed by atoms with Crippen LogP contribution in [0.3, 0.4) is 0 Å². The Hall–Kier alpha value is -6.78. The van der Waals surface area contributed by atoms with Crippen molar-refractivity contribution in [1.82, 2.24) is 0 Å². The van der Waals surface area contributed by atoms with E-state index in [1.54, 1.807) is 0 Å². The summed E-state index contributed by atoms with van der Waals surface area (Å²) >= 11 is 0. The van der Waals surface area contributed by atoms with E-state index in [-0.39, 0.29) is 55.4 Å². The highest BCUT2D eigenvalue weighted by atomic mass is 15.2. The van der Waals surface area contributed by atoms with Gasteiger partial charge >= 0.3 is 0 Å². The molecule has 0 amide bonds. The molecule has 0 saturated heterocycles. The van der Waals surface area contributed by atoms with Gasteiger partial charge in [0.2, 0.25) is 0 Å². The number of rotatable bonds is 5. The summed E-state index contributed by atoms with van der Waals surface area (Å²) in [5, 5.41) is 0. The number of hydrogen-bond acceptors (Lipinski definition) is 3. The Bertz CT molecular complexity index is 4090. The van der Waals surface area contributed by atoms with Gasteiger partial charge in [-0.25, -0.2) is 0 Å². The van der Waals surface area contributed by atoms with Gasteiger partial charge in [0.1, 0.15) is 0 Å². The molecule has 0 N–H and O–H groups in total. The van der Waals surface area contributed by atoms with Crippen molar-refractivity contribution in [3.05, 3.63) is 201 Å². The standard InChI is InChI=1S/C83H98BN3/c1-50-40-63-65(80(16,17)39-38-79(63,14)15)47-69(50)87-71-48-66-64(81(18,19)49-82(66,20)21)46-68(71)84-67-37-34-58(85(55-29-24-51(25-30-55)75(2,3)4)56-31-26-52(27-32-56)76(5,6)7)45-70(67)86(72-42-54(78(11,12)13)43-73(87)74(72)84)57-33-36-60-59-35-28-53(77(8,9)10)41-61(59)83(22,23)62(60)44-57/h24-37,40-48H,38-39,49H2,1-23H3. The summed E-state index contributed by atoms with van der Waals surface area (Å²) in [5.41, 5.74) is 33.1. The molecule has 0 aromatic heterocycles. The van der Waals surface area contributed by atoms with E-state index in [0.29, 0.717) is 0 Å². The molecule has 0 saturated carbocycles. The molecule has 2 aliphatic heterocycles. The number of nitrogens with zero attached hydrogens (tertiary/aromatic N) is 3. The molecular weight excluding hydrogens is 1050 g/mol. The highest BCUT2D eigenvalue weighted by molar-refractivity contribution is 7.00. The van der Waals surface area contributed by atoms with Crippen LogP contribution in [0.5, 0.6) is 0 Å². The lowest BCUT2D eigenvalue weighted by Crippen LogP contribution is -2.61. The predicted octanol–water partition coefficient (Wildman–Crippen LogP) is 21.4. The van der Waals surface area contributed by atoms with Gasteiger partial charge in [0.05, 0.1) is 0 Å². The molecule has 3 aliphatic carbocycles. The average molecular weight is 1150 g/mol. The summed E-state index contributed by atoms with van der Waals surface area (Å²) in [7, 11) is 0. The van der Waals surface area contributed by atoms with Gasteiger partial charge in [-0.15, -0.1) is 0 Å². The maximum atomic E-state index is 2.77. The van der Waals surface area contributed by atoms with Crippen LogP contribution in [0, 0.1) is 6.92 Å². The third-order valence-electron chi connectivity index (χ3n) is 21.8. The summed E-state index contributed by atoms with van der Waals surface area (Å²) in [6.45, 7) is 55.3. The van der Waals surface area contributed by atoms with Crippen LogP contribution in [0.4, 0.5) is 51.2 Å². The van der Waals surface area contributed by atoms with Crippen molar-refractivity contribution in [2.75, 3.05) is 14.7 Å². The average Bonchev–Trinajstić information content (AvgIpc) is 1.49. The van der Waals surface area contributed by atoms with Crippen LogP contribution in [0.1, 0.15) is 233 Å². The first kappa shape index (κ1) is 59.2. The van der Waals surface area contributed by atoms with Gasteiger partial charge < -0.3 is 14.7 Å². The second-order valence-electron chi connectivity index (χ2n) is 34.7. The normalized spacial score (nSPS) is 18.1. The zero-order valence-corrected chi connectivity index (χ0v) is 57.3. The Labute approximate surface area is 525 Å². The number of aryl methyl sites for hydroxylation is 1. The first-order valence-electron chi connectivity index (χ1n) is 32.9. The van der Waals surface area contributed by atoms with Crippen LogP contribution in [0.25, 0.3) is 11.1 Å². The van der Waals surface area contributed by atoms with Crippen LogP contribution in [-0.4, -0.2) is 6.71 Å². The summed E-state index contributed by atoms with van der Waals surface area (Å²) in [5.74, 6) is 0. The molecule has 8 aromatic carbocycles. The van der Waals surface area contributed by atoms with Crippen LogP contribution >= 0.6 is 0 Å². The highest BCUT2D eigenvalue weighted by Crippen LogP contribution is 2.57. The largest absolute Gasteiger partial charge is 0.311 e. The fraction of sp³-hybridized carbons (Fsp3) is 0.422. The molecular formula is C83H98BN3. The van der Waals surface area contributed by atoms with Gasteiger partial charge in [-0.05, 0) is 231 Å². The van der Waals surface area contributed by atoms with E-state index < -0.39 is 0 Å². The molecule has 4 heteroatoms. The van der Waals surface area contributed by atoms with Crippen molar-refractivity contribution >= 4 is 74.3 Å². The summed E-state index contributed by atoms with van der Waals surface area (Å²) in [6.07, 6.45) is 3.45. The molecule has 13 rings (SSSR count). The fourth-order valence-corrected chi connectivity index (χ4v) is 16.5. The molecule has 3 nitrogen and oxygen atoms in total. The molecule has 8 aromatic rings. The Kier molecular flexibility index (Phi) is 12.9. The number of hydrogen-bond donors (Lipinski definition) is 0. The quantitative estimate of drug-likeness (QED) is 0.159. The summed E-state index contributed by atoms with van der Waals surface area (Å²) in [6, 6.07) is 56.9. The Balaban J connectivity index is 1.14. The molecule has 0 radical (unpaired) electrons. The van der Waals surface area contributed by atoms with Crippen molar-refractivity contribution in [3.8, 4) is 11.1 Å². The van der Waals surface area contributed by atoms with E-state index in [1.165, 1.54) is 129 Å². The van der Waals surface area contributed by atoms with Crippen molar-refractivity contribution in [2.45, 2.75) is 227 Å². The molecule has 0 unspecified atom stereocenters. The minimum absolute atomic E-state index is 0.000255. The third-order valence-corrected chi connectivity index (χ3v) is 21.8. The minimum atomic E-state index is -0.226. The maximum Gasteiger partial charge on any atom is 0.252 e. The first-order chi connectivity index (χ1) is 40.3. The zero-order valence-electron chi connectivity index (χ0n) is 57.3. The van der Waals surface area contributed by atoms with Crippen LogP contribution in [0.2, 0.25) is 0 Å². The van der Waals surface area contributed by atoms with Crippen LogP contribution < -0.4 is 31.1 Å². The van der Waals surface area contributed by atoms with Gasteiger partial charge in [-0.2, -0.15) is 0 Å². The lowest BCUT2D eigenvalue weighted by molar-refractivity contribution is 0.332. The second-order valence-corrected chi connectivity index (χ2v) is 34.7. The SMILES string of the molecule is Cc1cc2c(cc1N1c3cc4c(cc3B3c5ccc(N(c6ccc(C(C)(C)C)cc6)c6ccc(C(C)(C)C)cc6)cc5N(c5ccc6c(c5)C(C)(C)c5cc(C(C)(C)C)ccc5-6)c5cc(C(C)(C)C)cc1c53)C(C)(C)CC4(C)C)C(C)(C)CCC2(C)C. The van der Waals surface area contributed by atoms with Gasteiger partial charge in [-0.3, -0.25) is 0 Å². The smallest absolute Gasteiger partial charge is 0.252 e. The number of benzene rings is 8. The van der Waals surface area contributed by atoms with E-state index >= 15 is 0 Å². The topological polar surface area (TPSA) is 9.72 Å². The van der Waals surface area contributed by atoms with Crippen LogP contribution in [0.15, 0.2) is 140 Å². The zero-order chi connectivity index (χ0) is 62.6. The molecule has 0 atom stereocenters. The van der Waals surface area contributed by atoms with E-state index in [2.05, 4.69) is 313 Å². The third kappa shape index (κ3) is 9.31. The molecule has 87 heavy (non-hydrogen) atoms. The Morgan fingerprint density at radius 1 is 0.356 bits per heavy atom. The number of fused-ring (bicyclic) bond motifs is 9. The predicted molar refractivity (Wildman–Crippen MR) is 378 cm³/mol. The Morgan fingerprint density at radius 2 is 0.793 bits per heavy atom. The van der Waals surface area contributed by atoms with E-state index in [1.807, 2.05) is 0 Å². The molecule has 0 bridgehead atoms. The molecule has 2 heterocycles. The fourth-order valence-electron chi connectivity index (χ4n) is 16.5. The van der Waals surface area contributed by atoms with Crippen molar-refractivity contribution in [1.29, 1.82) is 0 Å². The monoisotopic (exact) mass is 1150 g/mol. The summed E-state index contributed by atoms with van der Waals surface area (Å²) < 4.78 is 0. The van der Waals surface area contributed by atoms with E-state index in [9.17, 15) is 0 Å². The van der Waals surface area contributed by atoms with Gasteiger partial charge in [-0.1, -0.05) is 219 Å². The van der Waals surface area contributed by atoms with Crippen molar-refractivity contribution in [2.24, 2.45) is 0 Å². The molecule has 0 fully saturated rings. The molecule has 0 spiro atoms. The van der Waals surface area contributed by atoms with Gasteiger partial charge in [0, 0.05) is 56.6 Å². The minimum Gasteiger partial charge on any atom is -0.311 e. The van der Waals surface area contributed by atoms with Gasteiger partial charge in [0.15, 0.2) is 0 Å². The van der Waals surface area contributed by atoms with Gasteiger partial charge in [0.25, 0.3) is 6.71 Å². The first-order valence-corrected chi connectivity index (χ1v) is 32.9. The number of anilines is 9. The highest BCUT2D eigenvalue weighted by Gasteiger charge is 2.50. The Morgan fingerprint density at radius 3 is 1.33 bits per heavy atom. The lowest BCUT2D eigenvalue weighted by atomic mass is 9.33. The van der Waals surface area contributed by atoms with E-state index in [0.717, 1.165) is 29.9 Å². The lowest BCUT2D eigenvalue weighted by Gasteiger charge is -2.47. The van der Waals surface area contributed by atoms with Crippen molar-refractivity contribution < 1.29 is 0 Å². The van der Waals surface area contributed by atoms with Crippen LogP contribution in [-0.2, 0) is 48.7 Å². The maximum absolute atomic E-state index is 2.77. The summed E-state index contributed by atoms with van der Waals surface area (Å²) in [4.78, 5) is 7.99. The molecule has 5 aliphatic rings. The second kappa shape index (κ2) is 18.9. The molecule has 448 valence electrons. The van der Waals surface area contributed by atoms with E-state index in [4.69, 9.17) is 0 Å².